The second-order valence-corrected chi connectivity index (χ2v) is 4.56. The van der Waals surface area contributed by atoms with Crippen LogP contribution in [0.5, 0.6) is 5.75 Å². The second-order valence-electron chi connectivity index (χ2n) is 4.56. The van der Waals surface area contributed by atoms with Crippen LogP contribution in [0.15, 0.2) is 48.0 Å². The zero-order valence-electron chi connectivity index (χ0n) is 11.0. The van der Waals surface area contributed by atoms with Crippen molar-refractivity contribution in [3.63, 3.8) is 0 Å². The number of allylic oxidation sites excluding steroid dienone is 1. The topological polar surface area (TPSA) is 20.2 Å². The molecule has 0 aliphatic heterocycles. The van der Waals surface area contributed by atoms with Crippen molar-refractivity contribution in [3.05, 3.63) is 59.2 Å². The van der Waals surface area contributed by atoms with Crippen LogP contribution in [0.4, 0.5) is 0 Å². The number of rotatable bonds is 1. The van der Waals surface area contributed by atoms with E-state index < -0.39 is 0 Å². The van der Waals surface area contributed by atoms with Crippen molar-refractivity contribution in [1.82, 2.24) is 0 Å². The fourth-order valence-electron chi connectivity index (χ4n) is 2.47. The number of aromatic hydroxyl groups is 1. The summed E-state index contributed by atoms with van der Waals surface area (Å²) in [6, 6.07) is 13.8. The first kappa shape index (κ1) is 19.4. The standard InChI is InChI=1S/C16H14O.2ClH.Zr/c1-11-9-12-5-4-7-13(15(12)10-11)14-6-2-3-8-16(14)17;;;/h2-8,10,17H,9H2,1H3;2*1H;/q;;;+2/p-2. The minimum absolute atomic E-state index is 0. The molecule has 0 fully saturated rings. The summed E-state index contributed by atoms with van der Waals surface area (Å²) < 4.78 is 0. The number of benzene rings is 2. The molecule has 0 spiro atoms. The van der Waals surface area contributed by atoms with Crippen molar-refractivity contribution in [2.24, 2.45) is 0 Å². The maximum Gasteiger partial charge on any atom is 2.00 e. The van der Waals surface area contributed by atoms with Crippen molar-refractivity contribution in [2.45, 2.75) is 13.3 Å². The molecule has 2 aromatic carbocycles. The maximum absolute atomic E-state index is 9.94. The minimum Gasteiger partial charge on any atom is -1.00 e. The van der Waals surface area contributed by atoms with E-state index in [2.05, 4.69) is 31.2 Å². The number of para-hydroxylation sites is 1. The number of hydrogen-bond acceptors (Lipinski definition) is 1. The summed E-state index contributed by atoms with van der Waals surface area (Å²) in [6.45, 7) is 2.15. The van der Waals surface area contributed by atoms with Crippen molar-refractivity contribution in [2.75, 3.05) is 0 Å². The van der Waals surface area contributed by atoms with Gasteiger partial charge in [0.25, 0.3) is 0 Å². The normalized spacial score (nSPS) is 11.3. The first-order valence-corrected chi connectivity index (χ1v) is 5.83. The molecule has 0 unspecified atom stereocenters. The molecule has 0 amide bonds. The van der Waals surface area contributed by atoms with Gasteiger partial charge in [0.15, 0.2) is 0 Å². The van der Waals surface area contributed by atoms with Gasteiger partial charge in [0.05, 0.1) is 0 Å². The van der Waals surface area contributed by atoms with E-state index in [0.29, 0.717) is 5.75 Å². The molecular weight excluding hydrogens is 370 g/mol. The molecule has 1 aliphatic carbocycles. The van der Waals surface area contributed by atoms with Crippen LogP contribution in [0.25, 0.3) is 17.2 Å². The number of fused-ring (bicyclic) bond motifs is 1. The molecule has 0 radical (unpaired) electrons. The van der Waals surface area contributed by atoms with Gasteiger partial charge in [-0.2, -0.15) is 0 Å². The van der Waals surface area contributed by atoms with E-state index in [4.69, 9.17) is 0 Å². The molecule has 102 valence electrons. The SMILES string of the molecule is CC1=Cc2c(cccc2-c2ccccc2O)C1.[Cl-].[Cl-].[Zr+2]. The number of halogens is 2. The molecule has 3 rings (SSSR count). The first-order valence-electron chi connectivity index (χ1n) is 5.83. The molecule has 0 atom stereocenters. The van der Waals surface area contributed by atoms with Gasteiger partial charge in [0, 0.05) is 5.56 Å². The van der Waals surface area contributed by atoms with Crippen molar-refractivity contribution >= 4 is 6.08 Å². The van der Waals surface area contributed by atoms with Crippen LogP contribution in [-0.2, 0) is 32.6 Å². The van der Waals surface area contributed by atoms with Gasteiger partial charge < -0.3 is 29.9 Å². The molecule has 20 heavy (non-hydrogen) atoms. The van der Waals surface area contributed by atoms with Crippen LogP contribution in [0.1, 0.15) is 18.1 Å². The summed E-state index contributed by atoms with van der Waals surface area (Å²) in [4.78, 5) is 0. The van der Waals surface area contributed by atoms with Gasteiger partial charge in [-0.3, -0.25) is 0 Å². The van der Waals surface area contributed by atoms with Crippen LogP contribution in [0.3, 0.4) is 0 Å². The summed E-state index contributed by atoms with van der Waals surface area (Å²) in [5.74, 6) is 0.346. The second kappa shape index (κ2) is 8.03. The van der Waals surface area contributed by atoms with E-state index in [0.717, 1.165) is 17.5 Å². The van der Waals surface area contributed by atoms with Crippen molar-refractivity contribution < 1.29 is 56.1 Å². The predicted molar refractivity (Wildman–Crippen MR) is 70.9 cm³/mol. The zero-order valence-corrected chi connectivity index (χ0v) is 15.0. The number of hydrogen-bond donors (Lipinski definition) is 1. The van der Waals surface area contributed by atoms with E-state index in [1.807, 2.05) is 18.2 Å². The number of phenolic OH excluding ortho intramolecular Hbond substituents is 1. The molecule has 2 aromatic rings. The third-order valence-electron chi connectivity index (χ3n) is 3.25. The van der Waals surface area contributed by atoms with E-state index in [9.17, 15) is 5.11 Å². The van der Waals surface area contributed by atoms with Gasteiger partial charge in [-0.25, -0.2) is 0 Å². The summed E-state index contributed by atoms with van der Waals surface area (Å²) in [7, 11) is 0. The van der Waals surface area contributed by atoms with E-state index in [-0.39, 0.29) is 51.0 Å². The monoisotopic (exact) mass is 382 g/mol. The van der Waals surface area contributed by atoms with Crippen LogP contribution in [-0.4, -0.2) is 5.11 Å². The number of phenols is 1. The average Bonchev–Trinajstić information content (AvgIpc) is 2.70. The summed E-state index contributed by atoms with van der Waals surface area (Å²) in [5, 5.41) is 9.94. The van der Waals surface area contributed by atoms with Gasteiger partial charge in [0.1, 0.15) is 5.75 Å². The van der Waals surface area contributed by atoms with Gasteiger partial charge >= 0.3 is 26.2 Å². The largest absolute Gasteiger partial charge is 2.00 e. The Labute approximate surface area is 151 Å². The molecule has 0 heterocycles. The Balaban J connectivity index is 0.00000120. The molecule has 0 saturated carbocycles. The molecule has 0 aromatic heterocycles. The van der Waals surface area contributed by atoms with E-state index in [1.54, 1.807) is 6.07 Å². The Morgan fingerprint density at radius 1 is 0.900 bits per heavy atom. The molecule has 1 aliphatic rings. The van der Waals surface area contributed by atoms with Crippen LogP contribution in [0, 0.1) is 0 Å². The third-order valence-corrected chi connectivity index (χ3v) is 3.25. The zero-order chi connectivity index (χ0) is 11.8. The molecule has 1 nitrogen and oxygen atoms in total. The third kappa shape index (κ3) is 3.55. The Kier molecular flexibility index (Phi) is 7.80. The van der Waals surface area contributed by atoms with E-state index in [1.165, 1.54) is 16.7 Å². The van der Waals surface area contributed by atoms with Crippen LogP contribution in [0.2, 0.25) is 0 Å². The smallest absolute Gasteiger partial charge is 1.00 e. The maximum atomic E-state index is 9.94. The quantitative estimate of drug-likeness (QED) is 0.605. The predicted octanol–water partition coefficient (Wildman–Crippen LogP) is -1.98. The first-order chi connectivity index (χ1) is 8.25. The van der Waals surface area contributed by atoms with Crippen LogP contribution >= 0.6 is 0 Å². The Morgan fingerprint density at radius 2 is 1.55 bits per heavy atom. The summed E-state index contributed by atoms with van der Waals surface area (Å²) in [5.41, 5.74) is 6.02. The van der Waals surface area contributed by atoms with Gasteiger partial charge in [-0.1, -0.05) is 48.0 Å². The Morgan fingerprint density at radius 3 is 2.25 bits per heavy atom. The fraction of sp³-hybridized carbons (Fsp3) is 0.125. The van der Waals surface area contributed by atoms with Gasteiger partial charge in [0.2, 0.25) is 0 Å². The Hall–Kier alpha value is -0.557. The summed E-state index contributed by atoms with van der Waals surface area (Å²) >= 11 is 0. The molecule has 0 bridgehead atoms. The molecular formula is C16H14Cl2OZr. The fourth-order valence-corrected chi connectivity index (χ4v) is 2.47. The van der Waals surface area contributed by atoms with Crippen molar-refractivity contribution in [1.29, 1.82) is 0 Å². The van der Waals surface area contributed by atoms with Crippen LogP contribution < -0.4 is 24.8 Å². The molecule has 0 saturated heterocycles. The Bertz CT molecular complexity index is 624. The molecule has 4 heteroatoms. The average molecular weight is 384 g/mol. The van der Waals surface area contributed by atoms with Crippen molar-refractivity contribution in [3.8, 4) is 16.9 Å². The van der Waals surface area contributed by atoms with Gasteiger partial charge in [-0.15, -0.1) is 0 Å². The van der Waals surface area contributed by atoms with E-state index >= 15 is 0 Å². The minimum atomic E-state index is 0. The molecule has 1 N–H and O–H groups in total. The van der Waals surface area contributed by atoms with Gasteiger partial charge in [-0.05, 0) is 36.1 Å². The summed E-state index contributed by atoms with van der Waals surface area (Å²) in [6.07, 6.45) is 3.24.